The number of benzene rings is 1. The summed E-state index contributed by atoms with van der Waals surface area (Å²) < 4.78 is 17.7. The van der Waals surface area contributed by atoms with Gasteiger partial charge in [-0.15, -0.1) is 0 Å². The van der Waals surface area contributed by atoms with Crippen LogP contribution in [0.4, 0.5) is 0 Å². The molecule has 0 radical (unpaired) electrons. The molecule has 4 rings (SSSR count). The molecule has 0 bridgehead atoms. The van der Waals surface area contributed by atoms with E-state index in [0.29, 0.717) is 22.5 Å². The van der Waals surface area contributed by atoms with Gasteiger partial charge in [-0.3, -0.25) is 9.20 Å². The molecule has 7 nitrogen and oxygen atoms in total. The van der Waals surface area contributed by atoms with Crippen LogP contribution in [0, 0.1) is 6.92 Å². The van der Waals surface area contributed by atoms with Crippen LogP contribution in [0.5, 0.6) is 0 Å². The minimum atomic E-state index is -0.630. The Balaban J connectivity index is 1.62. The van der Waals surface area contributed by atoms with Crippen molar-refractivity contribution in [1.29, 1.82) is 0 Å². The Morgan fingerprint density at radius 1 is 1.18 bits per heavy atom. The second-order valence-corrected chi connectivity index (χ2v) is 6.39. The van der Waals surface area contributed by atoms with Gasteiger partial charge >= 0.3 is 5.97 Å². The Morgan fingerprint density at radius 3 is 2.82 bits per heavy atom. The molecule has 0 atom stereocenters. The van der Waals surface area contributed by atoms with E-state index >= 15 is 0 Å². The predicted molar refractivity (Wildman–Crippen MR) is 102 cm³/mol. The van der Waals surface area contributed by atoms with Crippen molar-refractivity contribution in [3.63, 3.8) is 0 Å². The normalized spacial score (nSPS) is 11.2. The number of aryl methyl sites for hydroxylation is 1. The molecule has 3 aromatic heterocycles. The number of para-hydroxylation sites is 1. The first-order valence-electron chi connectivity index (χ1n) is 8.73. The van der Waals surface area contributed by atoms with Crippen molar-refractivity contribution in [1.82, 2.24) is 9.38 Å². The van der Waals surface area contributed by atoms with Gasteiger partial charge in [0.25, 0.3) is 5.56 Å². The maximum absolute atomic E-state index is 12.6. The van der Waals surface area contributed by atoms with Crippen molar-refractivity contribution in [2.45, 2.75) is 20.1 Å². The van der Waals surface area contributed by atoms with Crippen molar-refractivity contribution in [2.24, 2.45) is 0 Å². The first-order chi connectivity index (χ1) is 13.6. The summed E-state index contributed by atoms with van der Waals surface area (Å²) in [4.78, 5) is 29.3. The average molecular weight is 378 g/mol. The summed E-state index contributed by atoms with van der Waals surface area (Å²) in [5.74, 6) is -0.535. The number of aromatic nitrogens is 2. The fraction of sp³-hybridized carbons (Fsp3) is 0.190. The number of pyridine rings is 1. The molecule has 0 amide bonds. The highest BCUT2D eigenvalue weighted by atomic mass is 16.5. The number of nitrogens with zero attached hydrogens (tertiary/aromatic N) is 2. The van der Waals surface area contributed by atoms with Crippen LogP contribution < -0.4 is 5.56 Å². The number of carbonyl (C=O) groups is 1. The van der Waals surface area contributed by atoms with Crippen LogP contribution in [0.1, 0.15) is 27.4 Å². The molecule has 0 spiro atoms. The maximum Gasteiger partial charge on any atom is 0.375 e. The molecule has 0 saturated carbocycles. The zero-order valence-electron chi connectivity index (χ0n) is 15.5. The number of carbonyl (C=O) groups excluding carboxylic acids is 1. The standard InChI is InChI=1S/C21H18N2O5/c1-13-6-5-9-23-18(24)10-14(22-20(13)23)11-27-21(25)19-16(12-26-2)15-7-3-4-8-17(15)28-19/h3-10H,11-12H2,1-2H3. The third-order valence-corrected chi connectivity index (χ3v) is 4.46. The minimum absolute atomic E-state index is 0.0942. The van der Waals surface area contributed by atoms with Crippen molar-refractivity contribution in [2.75, 3.05) is 7.11 Å². The second-order valence-electron chi connectivity index (χ2n) is 6.39. The smallest absolute Gasteiger partial charge is 0.375 e. The minimum Gasteiger partial charge on any atom is -0.453 e. The Labute approximate surface area is 160 Å². The number of rotatable bonds is 5. The molecule has 0 aliphatic heterocycles. The van der Waals surface area contributed by atoms with E-state index in [4.69, 9.17) is 13.9 Å². The highest BCUT2D eigenvalue weighted by Crippen LogP contribution is 2.27. The van der Waals surface area contributed by atoms with Gasteiger partial charge in [0.05, 0.1) is 12.3 Å². The third-order valence-electron chi connectivity index (χ3n) is 4.46. The molecule has 28 heavy (non-hydrogen) atoms. The van der Waals surface area contributed by atoms with Crippen molar-refractivity contribution < 1.29 is 18.7 Å². The van der Waals surface area contributed by atoms with E-state index in [1.165, 1.54) is 10.5 Å². The van der Waals surface area contributed by atoms with Crippen LogP contribution in [0.2, 0.25) is 0 Å². The molecule has 1 aromatic carbocycles. The Hall–Kier alpha value is -3.45. The number of furan rings is 1. The van der Waals surface area contributed by atoms with E-state index in [0.717, 1.165) is 10.9 Å². The molecule has 0 aliphatic carbocycles. The summed E-state index contributed by atoms with van der Waals surface area (Å²) in [6.07, 6.45) is 1.65. The topological polar surface area (TPSA) is 83.0 Å². The molecule has 0 N–H and O–H groups in total. The first kappa shape index (κ1) is 17.9. The number of methoxy groups -OCH3 is 1. The van der Waals surface area contributed by atoms with Gasteiger partial charge in [0.15, 0.2) is 0 Å². The summed E-state index contributed by atoms with van der Waals surface area (Å²) >= 11 is 0. The Morgan fingerprint density at radius 2 is 2.00 bits per heavy atom. The monoisotopic (exact) mass is 378 g/mol. The molecular formula is C21H18N2O5. The van der Waals surface area contributed by atoms with Crippen molar-refractivity contribution in [3.8, 4) is 0 Å². The highest BCUT2D eigenvalue weighted by molar-refractivity contribution is 5.96. The fourth-order valence-corrected chi connectivity index (χ4v) is 3.14. The molecule has 142 valence electrons. The predicted octanol–water partition coefficient (Wildman–Crippen LogP) is 3.25. The summed E-state index contributed by atoms with van der Waals surface area (Å²) in [6.45, 7) is 1.95. The van der Waals surface area contributed by atoms with E-state index in [1.807, 2.05) is 31.2 Å². The van der Waals surface area contributed by atoms with Gasteiger partial charge < -0.3 is 13.9 Å². The Bertz CT molecular complexity index is 1240. The number of esters is 1. The van der Waals surface area contributed by atoms with Gasteiger partial charge in [-0.2, -0.15) is 0 Å². The van der Waals surface area contributed by atoms with E-state index in [1.54, 1.807) is 25.4 Å². The van der Waals surface area contributed by atoms with Gasteiger partial charge in [0, 0.05) is 30.3 Å². The van der Waals surface area contributed by atoms with Gasteiger partial charge in [-0.1, -0.05) is 24.3 Å². The van der Waals surface area contributed by atoms with E-state index in [9.17, 15) is 9.59 Å². The van der Waals surface area contributed by atoms with Crippen molar-refractivity contribution in [3.05, 3.63) is 81.6 Å². The molecule has 0 aliphatic rings. The van der Waals surface area contributed by atoms with Gasteiger partial charge in [-0.05, 0) is 24.6 Å². The van der Waals surface area contributed by atoms with Crippen LogP contribution in [-0.2, 0) is 22.7 Å². The summed E-state index contributed by atoms with van der Waals surface area (Å²) in [6, 6.07) is 12.3. The van der Waals surface area contributed by atoms with E-state index < -0.39 is 5.97 Å². The second kappa shape index (κ2) is 7.28. The number of hydrogen-bond acceptors (Lipinski definition) is 6. The van der Waals surface area contributed by atoms with Crippen LogP contribution in [0.25, 0.3) is 16.6 Å². The molecule has 7 heteroatoms. The summed E-state index contributed by atoms with van der Waals surface area (Å²) in [5.41, 5.74) is 2.74. The summed E-state index contributed by atoms with van der Waals surface area (Å²) in [7, 11) is 1.55. The lowest BCUT2D eigenvalue weighted by Crippen LogP contribution is -2.17. The number of hydrogen-bond donors (Lipinski definition) is 0. The molecule has 0 unspecified atom stereocenters. The van der Waals surface area contributed by atoms with Crippen LogP contribution in [0.15, 0.2) is 57.9 Å². The quantitative estimate of drug-likeness (QED) is 0.496. The third kappa shape index (κ3) is 3.16. The van der Waals surface area contributed by atoms with Gasteiger partial charge in [0.1, 0.15) is 17.8 Å². The molecule has 3 heterocycles. The SMILES string of the molecule is COCc1c(C(=O)OCc2cc(=O)n3cccc(C)c3n2)oc2ccccc12. The van der Waals surface area contributed by atoms with Crippen LogP contribution in [-0.4, -0.2) is 22.5 Å². The van der Waals surface area contributed by atoms with E-state index in [2.05, 4.69) is 4.98 Å². The van der Waals surface area contributed by atoms with E-state index in [-0.39, 0.29) is 24.5 Å². The lowest BCUT2D eigenvalue weighted by atomic mass is 10.1. The van der Waals surface area contributed by atoms with Gasteiger partial charge in [-0.25, -0.2) is 9.78 Å². The first-order valence-corrected chi connectivity index (χ1v) is 8.73. The average Bonchev–Trinajstić information content (AvgIpc) is 3.06. The lowest BCUT2D eigenvalue weighted by Gasteiger charge is -2.07. The van der Waals surface area contributed by atoms with Gasteiger partial charge in [0.2, 0.25) is 5.76 Å². The Kier molecular flexibility index (Phi) is 4.67. The zero-order chi connectivity index (χ0) is 19.7. The number of fused-ring (bicyclic) bond motifs is 2. The van der Waals surface area contributed by atoms with Crippen LogP contribution >= 0.6 is 0 Å². The highest BCUT2D eigenvalue weighted by Gasteiger charge is 2.22. The molecule has 0 saturated heterocycles. The lowest BCUT2D eigenvalue weighted by molar-refractivity contribution is 0.0427. The van der Waals surface area contributed by atoms with Crippen molar-refractivity contribution >= 4 is 22.6 Å². The fourth-order valence-electron chi connectivity index (χ4n) is 3.14. The molecule has 4 aromatic rings. The van der Waals surface area contributed by atoms with Crippen LogP contribution in [0.3, 0.4) is 0 Å². The molecular weight excluding hydrogens is 360 g/mol. The largest absolute Gasteiger partial charge is 0.453 e. The molecule has 0 fully saturated rings. The maximum atomic E-state index is 12.6. The number of ether oxygens (including phenoxy) is 2. The zero-order valence-corrected chi connectivity index (χ0v) is 15.5. The summed E-state index contributed by atoms with van der Waals surface area (Å²) in [5, 5.41) is 0.800.